The number of aliphatic hydroxyl groups is 1. The summed E-state index contributed by atoms with van der Waals surface area (Å²) >= 11 is 0. The summed E-state index contributed by atoms with van der Waals surface area (Å²) in [4.78, 5) is 0. The fourth-order valence-electron chi connectivity index (χ4n) is 2.47. The van der Waals surface area contributed by atoms with Crippen LogP contribution in [0.5, 0.6) is 0 Å². The summed E-state index contributed by atoms with van der Waals surface area (Å²) in [5.74, 6) is 0. The van der Waals surface area contributed by atoms with Crippen molar-refractivity contribution in [2.24, 2.45) is 0 Å². The van der Waals surface area contributed by atoms with E-state index in [4.69, 9.17) is 0 Å². The minimum atomic E-state index is -0.327. The molecule has 0 aromatic heterocycles. The van der Waals surface area contributed by atoms with Crippen molar-refractivity contribution in [2.45, 2.75) is 51.7 Å². The Hall–Kier alpha value is -0.860. The zero-order chi connectivity index (χ0) is 12.3. The quantitative estimate of drug-likeness (QED) is 0.819. The van der Waals surface area contributed by atoms with Crippen LogP contribution in [0.2, 0.25) is 0 Å². The molecule has 0 saturated carbocycles. The van der Waals surface area contributed by atoms with Gasteiger partial charge in [-0.05, 0) is 48.9 Å². The lowest BCUT2D eigenvalue weighted by atomic mass is 10.0. The van der Waals surface area contributed by atoms with Crippen molar-refractivity contribution >= 4 is 0 Å². The van der Waals surface area contributed by atoms with E-state index in [0.29, 0.717) is 6.04 Å². The maximum absolute atomic E-state index is 10.1. The Balaban J connectivity index is 1.92. The molecule has 0 spiro atoms. The summed E-state index contributed by atoms with van der Waals surface area (Å²) in [7, 11) is 0. The lowest BCUT2D eigenvalue weighted by molar-refractivity contribution is 0.166. The van der Waals surface area contributed by atoms with E-state index in [1.807, 2.05) is 0 Å². The molecular formula is C15H23NO. The Morgan fingerprint density at radius 3 is 2.76 bits per heavy atom. The van der Waals surface area contributed by atoms with Crippen molar-refractivity contribution in [1.29, 1.82) is 0 Å². The van der Waals surface area contributed by atoms with E-state index in [2.05, 4.69) is 37.4 Å². The number of hydrogen-bond acceptors (Lipinski definition) is 2. The summed E-state index contributed by atoms with van der Waals surface area (Å²) in [5, 5.41) is 13.5. The molecule has 2 N–H and O–H groups in total. The van der Waals surface area contributed by atoms with Crippen molar-refractivity contribution in [3.8, 4) is 0 Å². The topological polar surface area (TPSA) is 32.3 Å². The van der Waals surface area contributed by atoms with Gasteiger partial charge in [0.15, 0.2) is 0 Å². The van der Waals surface area contributed by atoms with Gasteiger partial charge in [-0.25, -0.2) is 0 Å². The maximum Gasteiger partial charge on any atom is 0.0802 e. The molecule has 2 nitrogen and oxygen atoms in total. The number of nitrogens with one attached hydrogen (secondary N) is 1. The van der Waals surface area contributed by atoms with Crippen molar-refractivity contribution in [1.82, 2.24) is 5.32 Å². The third-order valence-electron chi connectivity index (χ3n) is 3.48. The number of rotatable bonds is 5. The first kappa shape index (κ1) is 12.6. The van der Waals surface area contributed by atoms with Crippen molar-refractivity contribution < 1.29 is 5.11 Å². The largest absolute Gasteiger partial charge is 0.388 e. The average molecular weight is 233 g/mol. The van der Waals surface area contributed by atoms with Crippen LogP contribution in [0.25, 0.3) is 0 Å². The molecule has 94 valence electrons. The third kappa shape index (κ3) is 3.30. The molecule has 1 unspecified atom stereocenters. The monoisotopic (exact) mass is 233 g/mol. The van der Waals surface area contributed by atoms with Gasteiger partial charge in [-0.1, -0.05) is 32.0 Å². The van der Waals surface area contributed by atoms with Crippen molar-refractivity contribution in [3.63, 3.8) is 0 Å². The van der Waals surface area contributed by atoms with Gasteiger partial charge in [-0.15, -0.1) is 0 Å². The number of hydrogen-bond donors (Lipinski definition) is 2. The Labute approximate surface area is 104 Å². The van der Waals surface area contributed by atoms with Gasteiger partial charge in [-0.2, -0.15) is 0 Å². The molecule has 0 radical (unpaired) electrons. The van der Waals surface area contributed by atoms with Crippen LogP contribution in [0.15, 0.2) is 18.2 Å². The van der Waals surface area contributed by atoms with Crippen molar-refractivity contribution in [2.75, 3.05) is 6.54 Å². The molecule has 1 atom stereocenters. The van der Waals surface area contributed by atoms with E-state index in [0.717, 1.165) is 18.5 Å². The Morgan fingerprint density at radius 1 is 1.24 bits per heavy atom. The third-order valence-corrected chi connectivity index (χ3v) is 3.48. The summed E-state index contributed by atoms with van der Waals surface area (Å²) in [6.07, 6.45) is 4.12. The van der Waals surface area contributed by atoms with E-state index >= 15 is 0 Å². The highest BCUT2D eigenvalue weighted by Gasteiger charge is 2.14. The van der Waals surface area contributed by atoms with Crippen LogP contribution in [-0.4, -0.2) is 17.7 Å². The number of fused-ring (bicyclic) bond motifs is 1. The summed E-state index contributed by atoms with van der Waals surface area (Å²) in [6.45, 7) is 5.12. The predicted octanol–water partition coefficient (Wildman–Crippen LogP) is 2.60. The van der Waals surface area contributed by atoms with Gasteiger partial charge in [0.05, 0.1) is 6.10 Å². The van der Waals surface area contributed by atoms with Crippen LogP contribution >= 0.6 is 0 Å². The van der Waals surface area contributed by atoms with Gasteiger partial charge in [0.25, 0.3) is 0 Å². The van der Waals surface area contributed by atoms with Crippen molar-refractivity contribution in [3.05, 3.63) is 34.9 Å². The fraction of sp³-hybridized carbons (Fsp3) is 0.600. The second-order valence-corrected chi connectivity index (χ2v) is 5.29. The number of benzene rings is 1. The van der Waals surface area contributed by atoms with Crippen LogP contribution in [0.4, 0.5) is 0 Å². The summed E-state index contributed by atoms with van der Waals surface area (Å²) in [6, 6.07) is 6.96. The van der Waals surface area contributed by atoms with Gasteiger partial charge in [-0.3, -0.25) is 0 Å². The molecule has 1 aliphatic carbocycles. The molecule has 1 aromatic carbocycles. The van der Waals surface area contributed by atoms with Crippen LogP contribution in [0.1, 0.15) is 49.5 Å². The average Bonchev–Trinajstić information content (AvgIpc) is 2.75. The molecule has 1 aromatic rings. The molecule has 1 aliphatic rings. The second kappa shape index (κ2) is 5.65. The molecule has 2 rings (SSSR count). The summed E-state index contributed by atoms with van der Waals surface area (Å²) in [5.41, 5.74) is 4.00. The van der Waals surface area contributed by atoms with Crippen LogP contribution in [0, 0.1) is 0 Å². The molecule has 0 bridgehead atoms. The number of aryl methyl sites for hydroxylation is 2. The molecule has 0 saturated heterocycles. The smallest absolute Gasteiger partial charge is 0.0802 e. The molecule has 17 heavy (non-hydrogen) atoms. The normalized spacial score (nSPS) is 16.2. The predicted molar refractivity (Wildman–Crippen MR) is 71.2 cm³/mol. The standard InChI is InChI=1S/C15H23NO/c1-11(2)16-9-8-15(17)14-7-6-12-4-3-5-13(12)10-14/h6-7,10-11,15-17H,3-5,8-9H2,1-2H3. The fourth-order valence-corrected chi connectivity index (χ4v) is 2.47. The Bertz CT molecular complexity index is 373. The Morgan fingerprint density at radius 2 is 2.00 bits per heavy atom. The molecule has 0 amide bonds. The van der Waals surface area contributed by atoms with Gasteiger partial charge >= 0.3 is 0 Å². The van der Waals surface area contributed by atoms with E-state index in [1.165, 1.54) is 30.4 Å². The molecule has 0 fully saturated rings. The van der Waals surface area contributed by atoms with Crippen LogP contribution in [0.3, 0.4) is 0 Å². The summed E-state index contributed by atoms with van der Waals surface area (Å²) < 4.78 is 0. The molecular weight excluding hydrogens is 210 g/mol. The second-order valence-electron chi connectivity index (χ2n) is 5.29. The highest BCUT2D eigenvalue weighted by molar-refractivity contribution is 5.36. The lowest BCUT2D eigenvalue weighted by Crippen LogP contribution is -2.24. The van der Waals surface area contributed by atoms with Crippen LogP contribution < -0.4 is 5.32 Å². The molecule has 2 heteroatoms. The van der Waals surface area contributed by atoms with Gasteiger partial charge < -0.3 is 10.4 Å². The van der Waals surface area contributed by atoms with Crippen LogP contribution in [-0.2, 0) is 12.8 Å². The van der Waals surface area contributed by atoms with E-state index in [-0.39, 0.29) is 6.10 Å². The SMILES string of the molecule is CC(C)NCCC(O)c1ccc2c(c1)CCC2. The first-order chi connectivity index (χ1) is 8.16. The van der Waals surface area contributed by atoms with E-state index < -0.39 is 0 Å². The Kier molecular flexibility index (Phi) is 4.19. The number of aliphatic hydroxyl groups excluding tert-OH is 1. The highest BCUT2D eigenvalue weighted by atomic mass is 16.3. The molecule has 0 aliphatic heterocycles. The minimum Gasteiger partial charge on any atom is -0.388 e. The zero-order valence-electron chi connectivity index (χ0n) is 10.9. The molecule has 0 heterocycles. The van der Waals surface area contributed by atoms with E-state index in [1.54, 1.807) is 0 Å². The lowest BCUT2D eigenvalue weighted by Gasteiger charge is -2.14. The first-order valence-electron chi connectivity index (χ1n) is 6.70. The van der Waals surface area contributed by atoms with Gasteiger partial charge in [0, 0.05) is 6.04 Å². The highest BCUT2D eigenvalue weighted by Crippen LogP contribution is 2.26. The first-order valence-corrected chi connectivity index (χ1v) is 6.70. The van der Waals surface area contributed by atoms with E-state index in [9.17, 15) is 5.11 Å². The zero-order valence-corrected chi connectivity index (χ0v) is 10.9. The van der Waals surface area contributed by atoms with Gasteiger partial charge in [0.2, 0.25) is 0 Å². The minimum absolute atomic E-state index is 0.327. The maximum atomic E-state index is 10.1. The van der Waals surface area contributed by atoms with Gasteiger partial charge in [0.1, 0.15) is 0 Å².